The Labute approximate surface area is 187 Å². The van der Waals surface area contributed by atoms with Gasteiger partial charge < -0.3 is 10.2 Å². The summed E-state index contributed by atoms with van der Waals surface area (Å²) in [5.74, 6) is -0.163. The highest BCUT2D eigenvalue weighted by molar-refractivity contribution is 7.89. The molecule has 0 saturated carbocycles. The smallest absolute Gasteiger partial charge is 0.289 e. The molecule has 1 aromatic carbocycles. The molecule has 2 aromatic rings. The van der Waals surface area contributed by atoms with Crippen molar-refractivity contribution in [3.05, 3.63) is 52.3 Å². The van der Waals surface area contributed by atoms with Gasteiger partial charge >= 0.3 is 0 Å². The Bertz CT molecular complexity index is 1070. The van der Waals surface area contributed by atoms with Crippen LogP contribution in [0.15, 0.2) is 41.6 Å². The molecule has 0 radical (unpaired) electrons. The maximum atomic E-state index is 13.3. The number of benzene rings is 1. The molecular formula is C20H28N6O5S. The van der Waals surface area contributed by atoms with Gasteiger partial charge in [0.1, 0.15) is 0 Å². The number of para-hydroxylation sites is 1. The van der Waals surface area contributed by atoms with Crippen LogP contribution in [-0.4, -0.2) is 77.0 Å². The number of nitro groups is 1. The van der Waals surface area contributed by atoms with Gasteiger partial charge in [0, 0.05) is 51.0 Å². The van der Waals surface area contributed by atoms with Crippen molar-refractivity contribution in [1.82, 2.24) is 24.3 Å². The number of hydrogen-bond donors (Lipinski definition) is 1. The zero-order valence-electron chi connectivity index (χ0n) is 18.2. The van der Waals surface area contributed by atoms with Crippen LogP contribution in [-0.2, 0) is 16.6 Å². The first-order valence-electron chi connectivity index (χ1n) is 10.5. The molecule has 0 atom stereocenters. The Morgan fingerprint density at radius 3 is 2.56 bits per heavy atom. The van der Waals surface area contributed by atoms with Gasteiger partial charge in [0.2, 0.25) is 10.0 Å². The van der Waals surface area contributed by atoms with Crippen LogP contribution < -0.4 is 5.32 Å². The van der Waals surface area contributed by atoms with Gasteiger partial charge in [-0.15, -0.1) is 0 Å². The third-order valence-corrected chi connectivity index (χ3v) is 7.25. The van der Waals surface area contributed by atoms with E-state index in [1.54, 1.807) is 22.0 Å². The van der Waals surface area contributed by atoms with Crippen LogP contribution in [0.5, 0.6) is 0 Å². The predicted molar refractivity (Wildman–Crippen MR) is 118 cm³/mol. The average molecular weight is 465 g/mol. The topological polar surface area (TPSA) is 131 Å². The molecule has 174 valence electrons. The van der Waals surface area contributed by atoms with E-state index in [4.69, 9.17) is 0 Å². The van der Waals surface area contributed by atoms with Gasteiger partial charge in [0.15, 0.2) is 4.90 Å². The fourth-order valence-electron chi connectivity index (χ4n) is 3.61. The Balaban J connectivity index is 1.87. The van der Waals surface area contributed by atoms with Gasteiger partial charge in [-0.3, -0.25) is 19.6 Å². The van der Waals surface area contributed by atoms with Crippen molar-refractivity contribution in [3.8, 4) is 0 Å². The standard InChI is InChI=1S/C20H28N6O5S/c1-16(2)25-11-5-10-24(32(30,31)19-7-4-3-6-18(19)26(28)29)13-9-21-8-12-23-15-17(14-22-23)20(25)27/h3-4,6-7,14-16,21H,5,8-13H2,1-2H3. The maximum absolute atomic E-state index is 13.3. The summed E-state index contributed by atoms with van der Waals surface area (Å²) in [7, 11) is -4.10. The summed E-state index contributed by atoms with van der Waals surface area (Å²) in [4.78, 5) is 25.0. The monoisotopic (exact) mass is 464 g/mol. The van der Waals surface area contributed by atoms with Crippen LogP contribution in [0.3, 0.4) is 0 Å². The highest BCUT2D eigenvalue weighted by atomic mass is 32.2. The minimum Gasteiger partial charge on any atom is -0.336 e. The molecule has 1 aromatic heterocycles. The molecule has 12 heteroatoms. The number of carbonyl (C=O) groups excluding carboxylic acids is 1. The molecule has 32 heavy (non-hydrogen) atoms. The summed E-state index contributed by atoms with van der Waals surface area (Å²) in [6.07, 6.45) is 3.65. The second kappa shape index (κ2) is 10.2. The number of carbonyl (C=O) groups is 1. The highest BCUT2D eigenvalue weighted by Gasteiger charge is 2.31. The Morgan fingerprint density at radius 2 is 1.84 bits per heavy atom. The summed E-state index contributed by atoms with van der Waals surface area (Å²) in [5, 5.41) is 18.8. The van der Waals surface area contributed by atoms with Crippen LogP contribution in [0.2, 0.25) is 0 Å². The molecule has 2 bridgehead atoms. The fourth-order valence-corrected chi connectivity index (χ4v) is 5.25. The van der Waals surface area contributed by atoms with E-state index in [0.717, 1.165) is 0 Å². The molecule has 1 amide bonds. The van der Waals surface area contributed by atoms with E-state index in [-0.39, 0.29) is 29.9 Å². The summed E-state index contributed by atoms with van der Waals surface area (Å²) < 4.78 is 29.6. The number of nitro benzene ring substituents is 1. The summed E-state index contributed by atoms with van der Waals surface area (Å²) in [6, 6.07) is 5.27. The van der Waals surface area contributed by atoms with Gasteiger partial charge in [-0.05, 0) is 26.3 Å². The second-order valence-electron chi connectivity index (χ2n) is 7.82. The number of rotatable bonds is 4. The summed E-state index contributed by atoms with van der Waals surface area (Å²) in [6.45, 7) is 5.85. The lowest BCUT2D eigenvalue weighted by Crippen LogP contribution is -2.42. The number of nitrogens with one attached hydrogen (secondary N) is 1. The zero-order valence-corrected chi connectivity index (χ0v) is 19.0. The molecule has 11 nitrogen and oxygen atoms in total. The predicted octanol–water partition coefficient (Wildman–Crippen LogP) is 1.33. The molecule has 0 spiro atoms. The van der Waals surface area contributed by atoms with Crippen molar-refractivity contribution in [2.24, 2.45) is 0 Å². The van der Waals surface area contributed by atoms with Gasteiger partial charge in [-0.1, -0.05) is 12.1 Å². The van der Waals surface area contributed by atoms with E-state index in [2.05, 4.69) is 10.4 Å². The van der Waals surface area contributed by atoms with Crippen LogP contribution in [0.1, 0.15) is 30.6 Å². The maximum Gasteiger partial charge on any atom is 0.289 e. The van der Waals surface area contributed by atoms with Crippen molar-refractivity contribution in [2.45, 2.75) is 37.8 Å². The van der Waals surface area contributed by atoms with Gasteiger partial charge in [0.05, 0.1) is 23.2 Å². The van der Waals surface area contributed by atoms with E-state index < -0.39 is 20.6 Å². The molecule has 3 rings (SSSR count). The summed E-state index contributed by atoms with van der Waals surface area (Å²) >= 11 is 0. The first-order chi connectivity index (χ1) is 15.2. The number of amides is 1. The van der Waals surface area contributed by atoms with Crippen molar-refractivity contribution < 1.29 is 18.1 Å². The van der Waals surface area contributed by atoms with Gasteiger partial charge in [-0.2, -0.15) is 9.40 Å². The van der Waals surface area contributed by atoms with Crippen molar-refractivity contribution in [3.63, 3.8) is 0 Å². The number of sulfonamides is 1. The zero-order chi connectivity index (χ0) is 23.3. The molecule has 0 aliphatic carbocycles. The van der Waals surface area contributed by atoms with Crippen LogP contribution >= 0.6 is 0 Å². The molecule has 1 N–H and O–H groups in total. The number of fused-ring (bicyclic) bond motifs is 2. The molecule has 0 unspecified atom stereocenters. The van der Waals surface area contributed by atoms with E-state index in [0.29, 0.717) is 38.2 Å². The Morgan fingerprint density at radius 1 is 1.12 bits per heavy atom. The third kappa shape index (κ3) is 5.31. The largest absolute Gasteiger partial charge is 0.336 e. The van der Waals surface area contributed by atoms with Crippen LogP contribution in [0.25, 0.3) is 0 Å². The number of aromatic nitrogens is 2. The molecular weight excluding hydrogens is 436 g/mol. The lowest BCUT2D eigenvalue weighted by atomic mass is 10.2. The average Bonchev–Trinajstić information content (AvgIpc) is 3.22. The summed E-state index contributed by atoms with van der Waals surface area (Å²) in [5.41, 5.74) is 0.0347. The number of nitrogens with zero attached hydrogens (tertiary/aromatic N) is 5. The first kappa shape index (κ1) is 23.8. The molecule has 0 saturated heterocycles. The second-order valence-corrected chi connectivity index (χ2v) is 9.72. The number of hydrogen-bond acceptors (Lipinski definition) is 7. The van der Waals surface area contributed by atoms with Crippen molar-refractivity contribution >= 4 is 21.6 Å². The van der Waals surface area contributed by atoms with Gasteiger partial charge in [0.25, 0.3) is 11.6 Å². The van der Waals surface area contributed by atoms with E-state index in [1.807, 2.05) is 13.8 Å². The van der Waals surface area contributed by atoms with Crippen molar-refractivity contribution in [2.75, 3.05) is 32.7 Å². The van der Waals surface area contributed by atoms with E-state index in [9.17, 15) is 23.3 Å². The Hall–Kier alpha value is -2.83. The third-order valence-electron chi connectivity index (χ3n) is 5.31. The Kier molecular flexibility index (Phi) is 7.59. The fraction of sp³-hybridized carbons (Fsp3) is 0.500. The van der Waals surface area contributed by atoms with Crippen LogP contribution in [0, 0.1) is 10.1 Å². The minimum atomic E-state index is -4.10. The molecule has 1 aliphatic heterocycles. The van der Waals surface area contributed by atoms with E-state index in [1.165, 1.54) is 28.6 Å². The lowest BCUT2D eigenvalue weighted by molar-refractivity contribution is -0.387. The quantitative estimate of drug-likeness (QED) is 0.533. The molecule has 0 fully saturated rings. The normalized spacial score (nSPS) is 17.3. The van der Waals surface area contributed by atoms with E-state index >= 15 is 0 Å². The highest BCUT2D eigenvalue weighted by Crippen LogP contribution is 2.26. The SMILES string of the molecule is CC(C)N1CCCN(S(=O)(=O)c2ccccc2[N+](=O)[O-])CCNCCn2cc(cn2)C1=O. The molecule has 2 heterocycles. The van der Waals surface area contributed by atoms with Gasteiger partial charge in [-0.25, -0.2) is 8.42 Å². The van der Waals surface area contributed by atoms with Crippen LogP contribution in [0.4, 0.5) is 5.69 Å². The lowest BCUT2D eigenvalue weighted by Gasteiger charge is -2.28. The van der Waals surface area contributed by atoms with Crippen molar-refractivity contribution in [1.29, 1.82) is 0 Å². The minimum absolute atomic E-state index is 0.0827. The first-order valence-corrected chi connectivity index (χ1v) is 11.9. The molecule has 1 aliphatic rings.